The molecule has 2 aliphatic rings. The van der Waals surface area contributed by atoms with Crippen molar-refractivity contribution >= 4 is 31.3 Å². The minimum atomic E-state index is -4.85. The largest absolute Gasteiger partial charge is 0.478 e. The van der Waals surface area contributed by atoms with Gasteiger partial charge in [0.15, 0.2) is 5.82 Å². The Morgan fingerprint density at radius 3 is 2.38 bits per heavy atom. The SMILES string of the molecule is C[C@@H]1CN(c2ccc(-c3nc(N4CCOCC4)ncc3F)cc2NC(=O)c2cnc(OCC[Si](C)(C)C)cc2C(F)(F)F)C[C@H](C)N1C. The number of morpholine rings is 1. The van der Waals surface area contributed by atoms with Gasteiger partial charge in [0.1, 0.15) is 5.69 Å². The second kappa shape index (κ2) is 14.3. The fourth-order valence-electron chi connectivity index (χ4n) is 5.72. The summed E-state index contributed by atoms with van der Waals surface area (Å²) in [7, 11) is 0.539. The zero-order chi connectivity index (χ0) is 34.8. The molecule has 2 saturated heterocycles. The van der Waals surface area contributed by atoms with Crippen LogP contribution in [0.4, 0.5) is 34.9 Å². The van der Waals surface area contributed by atoms with Crippen LogP contribution in [0.2, 0.25) is 25.7 Å². The third-order valence-corrected chi connectivity index (χ3v) is 10.5. The molecule has 5 rings (SSSR count). The van der Waals surface area contributed by atoms with E-state index < -0.39 is 37.1 Å². The minimum absolute atomic E-state index is 0.00567. The van der Waals surface area contributed by atoms with E-state index in [0.29, 0.717) is 56.6 Å². The lowest BCUT2D eigenvalue weighted by Crippen LogP contribution is -2.55. The van der Waals surface area contributed by atoms with E-state index >= 15 is 4.39 Å². The molecule has 0 saturated carbocycles. The van der Waals surface area contributed by atoms with Crippen LogP contribution in [0.25, 0.3) is 11.3 Å². The Kier molecular flexibility index (Phi) is 10.6. The molecule has 15 heteroatoms. The molecular formula is C33H43F4N7O3Si. The maximum atomic E-state index is 15.2. The number of carbonyl (C=O) groups is 1. The fourth-order valence-corrected chi connectivity index (χ4v) is 6.43. The normalized spacial score (nSPS) is 19.4. The second-order valence-corrected chi connectivity index (χ2v) is 19.3. The van der Waals surface area contributed by atoms with Crippen molar-refractivity contribution in [2.45, 2.75) is 57.8 Å². The van der Waals surface area contributed by atoms with Gasteiger partial charge in [0, 0.05) is 64.2 Å². The fraction of sp³-hybridized carbons (Fsp3) is 0.515. The molecule has 1 amide bonds. The van der Waals surface area contributed by atoms with Crippen molar-refractivity contribution in [1.29, 1.82) is 0 Å². The predicted octanol–water partition coefficient (Wildman–Crippen LogP) is 6.03. The molecule has 48 heavy (non-hydrogen) atoms. The van der Waals surface area contributed by atoms with Crippen molar-refractivity contribution < 1.29 is 31.8 Å². The molecule has 10 nitrogen and oxygen atoms in total. The van der Waals surface area contributed by atoms with Gasteiger partial charge in [-0.1, -0.05) is 25.7 Å². The summed E-state index contributed by atoms with van der Waals surface area (Å²) in [5.74, 6) is -1.55. The van der Waals surface area contributed by atoms with E-state index in [1.807, 2.05) is 11.9 Å². The van der Waals surface area contributed by atoms with E-state index in [-0.39, 0.29) is 36.0 Å². The van der Waals surface area contributed by atoms with E-state index in [4.69, 9.17) is 9.47 Å². The van der Waals surface area contributed by atoms with Crippen LogP contribution in [0.15, 0.2) is 36.7 Å². The number of hydrogen-bond acceptors (Lipinski definition) is 9. The first-order valence-corrected chi connectivity index (χ1v) is 19.8. The molecule has 0 spiro atoms. The van der Waals surface area contributed by atoms with Crippen molar-refractivity contribution in [3.8, 4) is 17.1 Å². The highest BCUT2D eigenvalue weighted by Crippen LogP contribution is 2.37. The lowest BCUT2D eigenvalue weighted by atomic mass is 10.0. The van der Waals surface area contributed by atoms with E-state index in [1.165, 1.54) is 0 Å². The van der Waals surface area contributed by atoms with Crippen LogP contribution in [0, 0.1) is 5.82 Å². The highest BCUT2D eigenvalue weighted by atomic mass is 28.3. The second-order valence-electron chi connectivity index (χ2n) is 13.6. The first-order valence-electron chi connectivity index (χ1n) is 16.1. The average Bonchev–Trinajstić information content (AvgIpc) is 3.03. The van der Waals surface area contributed by atoms with Crippen molar-refractivity contribution in [3.05, 3.63) is 53.6 Å². The molecule has 0 unspecified atom stereocenters. The number of benzene rings is 1. The standard InChI is InChI=1S/C33H43F4N7O3Si/c1-21-19-44(20-22(2)42(21)3)28-8-7-23(30-26(34)18-39-32(41-30)43-9-11-46-12-10-43)15-27(28)40-31(45)24-17-38-29(16-25(24)33(35,36)37)47-13-14-48(4,5)6/h7-8,15-18,21-22H,9-14,19-20H2,1-6H3,(H,40,45)/t21-,22+. The molecule has 0 radical (unpaired) electrons. The summed E-state index contributed by atoms with van der Waals surface area (Å²) in [6, 6.07) is 6.80. The van der Waals surface area contributed by atoms with Crippen LogP contribution < -0.4 is 19.9 Å². The summed E-state index contributed by atoms with van der Waals surface area (Å²) < 4.78 is 69.1. The molecule has 0 bridgehead atoms. The van der Waals surface area contributed by atoms with Crippen molar-refractivity contribution in [3.63, 3.8) is 0 Å². The number of pyridine rings is 1. The van der Waals surface area contributed by atoms with Gasteiger partial charge in [0.2, 0.25) is 11.8 Å². The number of aromatic nitrogens is 3. The maximum Gasteiger partial charge on any atom is 0.417 e. The van der Waals surface area contributed by atoms with Crippen LogP contribution in [-0.4, -0.2) is 99.0 Å². The molecule has 2 aromatic heterocycles. The Balaban J connectivity index is 1.51. The summed E-state index contributed by atoms with van der Waals surface area (Å²) in [4.78, 5) is 32.6. The predicted molar refractivity (Wildman–Crippen MR) is 180 cm³/mol. The number of amides is 1. The monoisotopic (exact) mass is 689 g/mol. The van der Waals surface area contributed by atoms with Gasteiger partial charge in [-0.2, -0.15) is 13.2 Å². The first kappa shape index (κ1) is 35.5. The van der Waals surface area contributed by atoms with Crippen molar-refractivity contribution in [2.75, 3.05) is 68.2 Å². The first-order chi connectivity index (χ1) is 22.6. The number of nitrogens with zero attached hydrogens (tertiary/aromatic N) is 6. The molecule has 2 atom stereocenters. The third kappa shape index (κ3) is 8.42. The van der Waals surface area contributed by atoms with Gasteiger partial charge in [0.05, 0.1) is 48.5 Å². The smallest absolute Gasteiger partial charge is 0.417 e. The van der Waals surface area contributed by atoms with E-state index in [2.05, 4.69) is 63.6 Å². The molecule has 1 N–H and O–H groups in total. The molecule has 1 aromatic carbocycles. The van der Waals surface area contributed by atoms with Crippen LogP contribution >= 0.6 is 0 Å². The van der Waals surface area contributed by atoms with Crippen molar-refractivity contribution in [2.24, 2.45) is 0 Å². The summed E-state index contributed by atoms with van der Waals surface area (Å²) >= 11 is 0. The topological polar surface area (TPSA) is 96.0 Å². The number of ether oxygens (including phenoxy) is 2. The van der Waals surface area contributed by atoms with Gasteiger partial charge in [-0.25, -0.2) is 19.3 Å². The van der Waals surface area contributed by atoms with Gasteiger partial charge in [-0.3, -0.25) is 9.69 Å². The summed E-state index contributed by atoms with van der Waals surface area (Å²) in [6.45, 7) is 14.1. The number of carbonyl (C=O) groups excluding carboxylic acids is 1. The van der Waals surface area contributed by atoms with E-state index in [9.17, 15) is 18.0 Å². The van der Waals surface area contributed by atoms with E-state index in [1.54, 1.807) is 18.2 Å². The zero-order valence-electron chi connectivity index (χ0n) is 28.2. The minimum Gasteiger partial charge on any atom is -0.478 e. The van der Waals surface area contributed by atoms with Gasteiger partial charge in [-0.15, -0.1) is 0 Å². The number of halogens is 4. The summed E-state index contributed by atoms with van der Waals surface area (Å²) in [5.41, 5.74) is -0.662. The maximum absolute atomic E-state index is 15.2. The molecular weight excluding hydrogens is 646 g/mol. The Morgan fingerprint density at radius 2 is 1.73 bits per heavy atom. The highest BCUT2D eigenvalue weighted by Gasteiger charge is 2.37. The highest BCUT2D eigenvalue weighted by molar-refractivity contribution is 6.76. The van der Waals surface area contributed by atoms with Gasteiger partial charge in [-0.05, 0) is 39.1 Å². The van der Waals surface area contributed by atoms with Crippen LogP contribution in [-0.2, 0) is 10.9 Å². The molecule has 2 fully saturated rings. The zero-order valence-corrected chi connectivity index (χ0v) is 29.2. The number of piperazine rings is 1. The Hall–Kier alpha value is -3.82. The Morgan fingerprint density at radius 1 is 1.04 bits per heavy atom. The number of anilines is 3. The summed E-state index contributed by atoms with van der Waals surface area (Å²) in [5, 5.41) is 2.71. The molecule has 260 valence electrons. The Bertz CT molecular complexity index is 1600. The third-order valence-electron chi connectivity index (χ3n) is 8.77. The van der Waals surface area contributed by atoms with E-state index in [0.717, 1.165) is 24.5 Å². The average molecular weight is 690 g/mol. The Labute approximate surface area is 279 Å². The van der Waals surface area contributed by atoms with Crippen LogP contribution in [0.3, 0.4) is 0 Å². The molecule has 0 aliphatic carbocycles. The van der Waals surface area contributed by atoms with Gasteiger partial charge >= 0.3 is 6.18 Å². The number of hydrogen-bond donors (Lipinski definition) is 1. The summed E-state index contributed by atoms with van der Waals surface area (Å²) in [6.07, 6.45) is -2.86. The van der Waals surface area contributed by atoms with Crippen LogP contribution in [0.5, 0.6) is 5.88 Å². The lowest BCUT2D eigenvalue weighted by molar-refractivity contribution is -0.138. The van der Waals surface area contributed by atoms with Crippen molar-refractivity contribution in [1.82, 2.24) is 19.9 Å². The number of rotatable bonds is 9. The quantitative estimate of drug-likeness (QED) is 0.214. The van der Waals surface area contributed by atoms with Gasteiger partial charge < -0.3 is 24.6 Å². The molecule has 4 heterocycles. The van der Waals surface area contributed by atoms with Crippen LogP contribution in [0.1, 0.15) is 29.8 Å². The number of nitrogens with one attached hydrogen (secondary N) is 1. The number of alkyl halides is 3. The lowest BCUT2D eigenvalue weighted by Gasteiger charge is -2.44. The molecule has 2 aliphatic heterocycles. The molecule has 3 aromatic rings. The number of likely N-dealkylation sites (N-methyl/N-ethyl adjacent to an activating group) is 1. The van der Waals surface area contributed by atoms with Gasteiger partial charge in [0.25, 0.3) is 5.91 Å².